The zero-order chi connectivity index (χ0) is 16.4. The molecule has 1 saturated heterocycles. The van der Waals surface area contributed by atoms with E-state index in [1.54, 1.807) is 42.5 Å². The highest BCUT2D eigenvalue weighted by atomic mass is 16.3. The van der Waals surface area contributed by atoms with E-state index in [-0.39, 0.29) is 6.54 Å². The molecule has 0 saturated carbocycles. The monoisotopic (exact) mass is 308 g/mol. The maximum absolute atomic E-state index is 12.7. The van der Waals surface area contributed by atoms with Crippen LogP contribution >= 0.6 is 0 Å². The Bertz CT molecular complexity index is 790. The molecule has 2 heterocycles. The summed E-state index contributed by atoms with van der Waals surface area (Å²) in [5.74, 6) is -2.98. The second kappa shape index (κ2) is 5.89. The van der Waals surface area contributed by atoms with Gasteiger partial charge in [0.15, 0.2) is 5.78 Å². The number of ketones is 2. The van der Waals surface area contributed by atoms with Gasteiger partial charge in [0.25, 0.3) is 5.91 Å². The van der Waals surface area contributed by atoms with Gasteiger partial charge in [-0.25, -0.2) is 0 Å². The molecule has 114 valence electrons. The van der Waals surface area contributed by atoms with Crippen LogP contribution in [0.15, 0.2) is 53.1 Å². The second-order valence-electron chi connectivity index (χ2n) is 5.12. The first kappa shape index (κ1) is 14.7. The van der Waals surface area contributed by atoms with Crippen LogP contribution in [0.1, 0.15) is 22.2 Å². The van der Waals surface area contributed by atoms with Gasteiger partial charge in [-0.2, -0.15) is 5.26 Å². The van der Waals surface area contributed by atoms with E-state index in [2.05, 4.69) is 0 Å². The summed E-state index contributed by atoms with van der Waals surface area (Å²) >= 11 is 0. The number of nitrogens with zero attached hydrogens (tertiary/aromatic N) is 2. The number of nitriles is 1. The Kier molecular flexibility index (Phi) is 3.77. The fourth-order valence-electron chi connectivity index (χ4n) is 2.79. The van der Waals surface area contributed by atoms with Gasteiger partial charge in [-0.3, -0.25) is 14.4 Å². The highest BCUT2D eigenvalue weighted by molar-refractivity contribution is 6.44. The van der Waals surface area contributed by atoms with Crippen molar-refractivity contribution in [2.24, 2.45) is 5.92 Å². The quantitative estimate of drug-likeness (QED) is 0.371. The molecule has 1 aliphatic rings. The van der Waals surface area contributed by atoms with Gasteiger partial charge >= 0.3 is 0 Å². The van der Waals surface area contributed by atoms with Crippen molar-refractivity contribution >= 4 is 17.5 Å². The van der Waals surface area contributed by atoms with E-state index in [1.807, 2.05) is 6.07 Å². The van der Waals surface area contributed by atoms with Crippen molar-refractivity contribution in [3.05, 3.63) is 60.1 Å². The zero-order valence-electron chi connectivity index (χ0n) is 12.0. The SMILES string of the molecule is N#CCN1C(=O)C(=O)C(C(=O)c2ccccc2)C1c1ccco1. The Morgan fingerprint density at radius 3 is 2.52 bits per heavy atom. The van der Waals surface area contributed by atoms with Crippen molar-refractivity contribution in [3.8, 4) is 6.07 Å². The van der Waals surface area contributed by atoms with E-state index >= 15 is 0 Å². The highest BCUT2D eigenvalue weighted by Crippen LogP contribution is 2.38. The Balaban J connectivity index is 2.06. The van der Waals surface area contributed by atoms with Crippen LogP contribution in [-0.2, 0) is 9.59 Å². The van der Waals surface area contributed by atoms with Gasteiger partial charge in [-0.1, -0.05) is 30.3 Å². The van der Waals surface area contributed by atoms with Gasteiger partial charge in [-0.15, -0.1) is 0 Å². The molecule has 6 nitrogen and oxygen atoms in total. The fraction of sp³-hybridized carbons (Fsp3) is 0.176. The van der Waals surface area contributed by atoms with E-state index in [0.717, 1.165) is 4.90 Å². The summed E-state index contributed by atoms with van der Waals surface area (Å²) in [6.45, 7) is -0.283. The van der Waals surface area contributed by atoms with E-state index in [4.69, 9.17) is 9.68 Å². The number of carbonyl (C=O) groups excluding carboxylic acids is 3. The third-order valence-electron chi connectivity index (χ3n) is 3.82. The maximum atomic E-state index is 12.7. The van der Waals surface area contributed by atoms with Gasteiger partial charge in [0.1, 0.15) is 24.3 Å². The molecule has 0 radical (unpaired) electrons. The molecular formula is C17H12N2O4. The smallest absolute Gasteiger partial charge is 0.292 e. The van der Waals surface area contributed by atoms with Gasteiger partial charge in [0.05, 0.1) is 12.3 Å². The lowest BCUT2D eigenvalue weighted by Crippen LogP contribution is -2.30. The predicted molar refractivity (Wildman–Crippen MR) is 78.0 cm³/mol. The largest absolute Gasteiger partial charge is 0.467 e. The zero-order valence-corrected chi connectivity index (χ0v) is 12.0. The van der Waals surface area contributed by atoms with Crippen molar-refractivity contribution in [1.29, 1.82) is 5.26 Å². The maximum Gasteiger partial charge on any atom is 0.292 e. The van der Waals surface area contributed by atoms with Gasteiger partial charge in [0, 0.05) is 5.56 Å². The van der Waals surface area contributed by atoms with Crippen LogP contribution < -0.4 is 0 Å². The van der Waals surface area contributed by atoms with Crippen LogP contribution in [0.5, 0.6) is 0 Å². The number of benzene rings is 1. The molecule has 1 aliphatic heterocycles. The first-order valence-electron chi connectivity index (χ1n) is 6.99. The molecule has 0 aliphatic carbocycles. The number of furan rings is 1. The molecule has 1 aromatic heterocycles. The third-order valence-corrected chi connectivity index (χ3v) is 3.82. The minimum absolute atomic E-state index is 0.283. The van der Waals surface area contributed by atoms with Crippen molar-refractivity contribution in [3.63, 3.8) is 0 Å². The molecule has 3 rings (SSSR count). The predicted octanol–water partition coefficient (Wildman–Crippen LogP) is 1.75. The van der Waals surface area contributed by atoms with Crippen molar-refractivity contribution in [2.45, 2.75) is 6.04 Å². The van der Waals surface area contributed by atoms with Gasteiger partial charge < -0.3 is 9.32 Å². The molecule has 0 N–H and O–H groups in total. The first-order valence-corrected chi connectivity index (χ1v) is 6.99. The minimum atomic E-state index is -1.20. The molecule has 6 heteroatoms. The summed E-state index contributed by atoms with van der Waals surface area (Å²) in [7, 11) is 0. The fourth-order valence-corrected chi connectivity index (χ4v) is 2.79. The highest BCUT2D eigenvalue weighted by Gasteiger charge is 2.52. The van der Waals surface area contributed by atoms with Crippen molar-refractivity contribution in [2.75, 3.05) is 6.54 Å². The molecule has 2 atom stereocenters. The second-order valence-corrected chi connectivity index (χ2v) is 5.12. The third kappa shape index (κ3) is 2.42. The van der Waals surface area contributed by atoms with Crippen molar-refractivity contribution < 1.29 is 18.8 Å². The summed E-state index contributed by atoms with van der Waals surface area (Å²) in [5, 5.41) is 8.92. The number of rotatable bonds is 4. The standard InChI is InChI=1S/C17H12N2O4/c18-8-9-19-14(12-7-4-10-23-12)13(16(21)17(19)22)15(20)11-5-2-1-3-6-11/h1-7,10,13-14H,9H2. The van der Waals surface area contributed by atoms with E-state index < -0.39 is 29.4 Å². The molecule has 2 aromatic rings. The van der Waals surface area contributed by atoms with Crippen LogP contribution in [0, 0.1) is 17.2 Å². The molecule has 1 amide bonds. The number of Topliss-reactive ketones (excluding diaryl/α,β-unsaturated/α-hetero) is 2. The summed E-state index contributed by atoms with van der Waals surface area (Å²) in [4.78, 5) is 38.4. The van der Waals surface area contributed by atoms with Crippen molar-refractivity contribution in [1.82, 2.24) is 4.90 Å². The van der Waals surface area contributed by atoms with E-state index in [9.17, 15) is 14.4 Å². The Morgan fingerprint density at radius 2 is 1.91 bits per heavy atom. The molecule has 0 spiro atoms. The molecule has 0 bridgehead atoms. The topological polar surface area (TPSA) is 91.4 Å². The van der Waals surface area contributed by atoms with Gasteiger partial charge in [0.2, 0.25) is 5.78 Å². The average molecular weight is 308 g/mol. The summed E-state index contributed by atoms with van der Waals surface area (Å²) < 4.78 is 5.30. The molecule has 1 fully saturated rings. The number of amides is 1. The number of carbonyl (C=O) groups is 3. The van der Waals surface area contributed by atoms with Crippen LogP contribution in [0.3, 0.4) is 0 Å². The van der Waals surface area contributed by atoms with E-state index in [0.29, 0.717) is 11.3 Å². The normalized spacial score (nSPS) is 20.6. The summed E-state index contributed by atoms with van der Waals surface area (Å²) in [6, 6.07) is 12.5. The number of hydrogen-bond acceptors (Lipinski definition) is 5. The van der Waals surface area contributed by atoms with E-state index in [1.165, 1.54) is 6.26 Å². The lowest BCUT2D eigenvalue weighted by molar-refractivity contribution is -0.140. The van der Waals surface area contributed by atoms with Gasteiger partial charge in [-0.05, 0) is 12.1 Å². The number of hydrogen-bond donors (Lipinski definition) is 0. The number of likely N-dealkylation sites (tertiary alicyclic amines) is 1. The molecule has 23 heavy (non-hydrogen) atoms. The van der Waals surface area contributed by atoms with Crippen LogP contribution in [-0.4, -0.2) is 28.9 Å². The summed E-state index contributed by atoms with van der Waals surface area (Å²) in [6.07, 6.45) is 1.40. The Morgan fingerprint density at radius 1 is 1.17 bits per heavy atom. The van der Waals surface area contributed by atoms with Crippen LogP contribution in [0.4, 0.5) is 0 Å². The average Bonchev–Trinajstić information content (AvgIpc) is 3.18. The molecular weight excluding hydrogens is 296 g/mol. The lowest BCUT2D eigenvalue weighted by atomic mass is 9.89. The Hall–Kier alpha value is -3.20. The Labute approximate surface area is 131 Å². The lowest BCUT2D eigenvalue weighted by Gasteiger charge is -2.22. The minimum Gasteiger partial charge on any atom is -0.467 e. The van der Waals surface area contributed by atoms with Crippen LogP contribution in [0.2, 0.25) is 0 Å². The molecule has 1 aromatic carbocycles. The first-order chi connectivity index (χ1) is 11.1. The molecule has 2 unspecified atom stereocenters. The summed E-state index contributed by atoms with van der Waals surface area (Å²) in [5.41, 5.74) is 0.342. The van der Waals surface area contributed by atoms with Crippen LogP contribution in [0.25, 0.3) is 0 Å².